The van der Waals surface area contributed by atoms with Crippen LogP contribution >= 0.6 is 0 Å². The number of esters is 1. The monoisotopic (exact) mass is 318 g/mol. The first-order valence-electron chi connectivity index (χ1n) is 7.91. The van der Waals surface area contributed by atoms with Gasteiger partial charge < -0.3 is 10.1 Å². The number of carbonyl (C=O) groups is 1. The molecule has 2 aliphatic rings. The standard InChI is InChI=1S/C14H26N2O4S/c1-2-20-14(17)8-10-21(18,19)16(13-6-7-13)11-12-5-3-4-9-15-12/h12-13,15H,2-11H2,1H3. The fourth-order valence-corrected chi connectivity index (χ4v) is 4.44. The molecule has 0 spiro atoms. The van der Waals surface area contributed by atoms with Crippen LogP contribution in [0.2, 0.25) is 0 Å². The molecule has 6 nitrogen and oxygen atoms in total. The highest BCUT2D eigenvalue weighted by molar-refractivity contribution is 7.89. The van der Waals surface area contributed by atoms with Gasteiger partial charge in [-0.25, -0.2) is 8.42 Å². The maximum absolute atomic E-state index is 12.5. The predicted molar refractivity (Wildman–Crippen MR) is 80.4 cm³/mol. The van der Waals surface area contributed by atoms with Crippen LogP contribution < -0.4 is 5.32 Å². The van der Waals surface area contributed by atoms with Gasteiger partial charge in [0.25, 0.3) is 0 Å². The average Bonchev–Trinajstić information content (AvgIpc) is 3.28. The Morgan fingerprint density at radius 3 is 2.62 bits per heavy atom. The topological polar surface area (TPSA) is 75.7 Å². The van der Waals surface area contributed by atoms with Crippen molar-refractivity contribution in [2.75, 3.05) is 25.4 Å². The summed E-state index contributed by atoms with van der Waals surface area (Å²) in [6.45, 7) is 3.51. The largest absolute Gasteiger partial charge is 0.466 e. The number of ether oxygens (including phenoxy) is 1. The molecule has 0 amide bonds. The van der Waals surface area contributed by atoms with E-state index in [1.807, 2.05) is 0 Å². The van der Waals surface area contributed by atoms with Gasteiger partial charge in [0, 0.05) is 18.6 Å². The molecular formula is C14H26N2O4S. The SMILES string of the molecule is CCOC(=O)CCS(=O)(=O)N(CC1CCCCN1)C1CC1. The molecule has 0 aromatic rings. The maximum Gasteiger partial charge on any atom is 0.306 e. The van der Waals surface area contributed by atoms with E-state index >= 15 is 0 Å². The van der Waals surface area contributed by atoms with E-state index in [0.29, 0.717) is 6.54 Å². The van der Waals surface area contributed by atoms with Crippen molar-refractivity contribution in [1.82, 2.24) is 9.62 Å². The number of rotatable bonds is 8. The normalized spacial score (nSPS) is 23.2. The minimum Gasteiger partial charge on any atom is -0.466 e. The summed E-state index contributed by atoms with van der Waals surface area (Å²) in [7, 11) is -3.38. The van der Waals surface area contributed by atoms with E-state index in [-0.39, 0.29) is 30.9 Å². The Kier molecular flexibility index (Phi) is 6.01. The highest BCUT2D eigenvalue weighted by Gasteiger charge is 2.38. The fourth-order valence-electron chi connectivity index (χ4n) is 2.71. The van der Waals surface area contributed by atoms with Crippen LogP contribution in [0.1, 0.15) is 45.4 Å². The van der Waals surface area contributed by atoms with Crippen LogP contribution in [0.15, 0.2) is 0 Å². The van der Waals surface area contributed by atoms with Gasteiger partial charge in [-0.1, -0.05) is 6.42 Å². The van der Waals surface area contributed by atoms with Crippen LogP contribution in [0, 0.1) is 0 Å². The molecule has 1 atom stereocenters. The van der Waals surface area contributed by atoms with Gasteiger partial charge in [-0.3, -0.25) is 4.79 Å². The van der Waals surface area contributed by atoms with Gasteiger partial charge in [-0.05, 0) is 39.2 Å². The van der Waals surface area contributed by atoms with E-state index in [2.05, 4.69) is 5.32 Å². The Balaban J connectivity index is 1.90. The molecular weight excluding hydrogens is 292 g/mol. The van der Waals surface area contributed by atoms with Crippen molar-refractivity contribution in [2.45, 2.75) is 57.5 Å². The summed E-state index contributed by atoms with van der Waals surface area (Å²) < 4.78 is 31.4. The molecule has 1 heterocycles. The number of piperidine rings is 1. The van der Waals surface area contributed by atoms with Gasteiger partial charge in [0.15, 0.2) is 0 Å². The first kappa shape index (κ1) is 16.7. The summed E-state index contributed by atoms with van der Waals surface area (Å²) in [5.74, 6) is -0.581. The summed E-state index contributed by atoms with van der Waals surface area (Å²) in [5.41, 5.74) is 0. The number of sulfonamides is 1. The van der Waals surface area contributed by atoms with Gasteiger partial charge >= 0.3 is 5.97 Å². The molecule has 0 aromatic heterocycles. The molecule has 1 N–H and O–H groups in total. The molecule has 2 fully saturated rings. The third-order valence-corrected chi connectivity index (χ3v) is 5.88. The molecule has 1 saturated carbocycles. The fraction of sp³-hybridized carbons (Fsp3) is 0.929. The zero-order valence-electron chi connectivity index (χ0n) is 12.7. The Morgan fingerprint density at radius 2 is 2.05 bits per heavy atom. The first-order valence-corrected chi connectivity index (χ1v) is 9.52. The van der Waals surface area contributed by atoms with E-state index in [0.717, 1.165) is 38.6 Å². The Bertz CT molecular complexity index is 442. The molecule has 1 aliphatic heterocycles. The molecule has 0 aromatic carbocycles. The number of nitrogens with one attached hydrogen (secondary N) is 1. The van der Waals surface area contributed by atoms with Crippen molar-refractivity contribution in [3.63, 3.8) is 0 Å². The van der Waals surface area contributed by atoms with E-state index in [4.69, 9.17) is 4.74 Å². The molecule has 7 heteroatoms. The minimum atomic E-state index is -3.38. The number of hydrogen-bond donors (Lipinski definition) is 1. The molecule has 1 saturated heterocycles. The predicted octanol–water partition coefficient (Wildman–Crippen LogP) is 0.876. The zero-order chi connectivity index (χ0) is 15.3. The van der Waals surface area contributed by atoms with Crippen LogP contribution in [0.25, 0.3) is 0 Å². The van der Waals surface area contributed by atoms with Crippen molar-refractivity contribution in [1.29, 1.82) is 0 Å². The van der Waals surface area contributed by atoms with Crippen molar-refractivity contribution >= 4 is 16.0 Å². The van der Waals surface area contributed by atoms with E-state index in [1.165, 1.54) is 0 Å². The smallest absolute Gasteiger partial charge is 0.306 e. The van der Waals surface area contributed by atoms with Crippen molar-refractivity contribution < 1.29 is 17.9 Å². The third-order valence-electron chi connectivity index (χ3n) is 3.99. The summed E-state index contributed by atoms with van der Waals surface area (Å²) in [4.78, 5) is 11.4. The summed E-state index contributed by atoms with van der Waals surface area (Å²) in [5, 5.41) is 3.39. The van der Waals surface area contributed by atoms with Gasteiger partial charge in [0.1, 0.15) is 0 Å². The lowest BCUT2D eigenvalue weighted by Gasteiger charge is -2.30. The second-order valence-corrected chi connectivity index (χ2v) is 7.86. The molecule has 2 rings (SSSR count). The number of nitrogens with zero attached hydrogens (tertiary/aromatic N) is 1. The lowest BCUT2D eigenvalue weighted by molar-refractivity contribution is -0.142. The Morgan fingerprint density at radius 1 is 1.29 bits per heavy atom. The van der Waals surface area contributed by atoms with Crippen molar-refractivity contribution in [3.05, 3.63) is 0 Å². The van der Waals surface area contributed by atoms with Gasteiger partial charge in [0.05, 0.1) is 18.8 Å². The van der Waals surface area contributed by atoms with Crippen LogP contribution in [-0.4, -0.2) is 56.2 Å². The lowest BCUT2D eigenvalue weighted by atomic mass is 10.1. The third kappa shape index (κ3) is 5.23. The van der Waals surface area contributed by atoms with Crippen LogP contribution in [0.3, 0.4) is 0 Å². The highest BCUT2D eigenvalue weighted by atomic mass is 32.2. The highest BCUT2D eigenvalue weighted by Crippen LogP contribution is 2.30. The minimum absolute atomic E-state index is 0.0580. The van der Waals surface area contributed by atoms with Crippen LogP contribution in [0.5, 0.6) is 0 Å². The Hall–Kier alpha value is -0.660. The van der Waals surface area contributed by atoms with Gasteiger partial charge in [0.2, 0.25) is 10.0 Å². The molecule has 21 heavy (non-hydrogen) atoms. The summed E-state index contributed by atoms with van der Waals surface area (Å²) in [6, 6.07) is 0.387. The van der Waals surface area contributed by atoms with E-state index in [1.54, 1.807) is 11.2 Å². The van der Waals surface area contributed by atoms with Crippen LogP contribution in [-0.2, 0) is 19.6 Å². The van der Waals surface area contributed by atoms with Crippen molar-refractivity contribution in [2.24, 2.45) is 0 Å². The average molecular weight is 318 g/mol. The zero-order valence-corrected chi connectivity index (χ0v) is 13.5. The molecule has 1 aliphatic carbocycles. The lowest BCUT2D eigenvalue weighted by Crippen LogP contribution is -2.47. The molecule has 122 valence electrons. The maximum atomic E-state index is 12.5. The molecule has 0 radical (unpaired) electrons. The second-order valence-electron chi connectivity index (χ2n) is 5.82. The van der Waals surface area contributed by atoms with E-state index in [9.17, 15) is 13.2 Å². The molecule has 1 unspecified atom stereocenters. The Labute approximate surface area is 127 Å². The van der Waals surface area contributed by atoms with Crippen molar-refractivity contribution in [3.8, 4) is 0 Å². The van der Waals surface area contributed by atoms with Gasteiger partial charge in [-0.15, -0.1) is 0 Å². The number of hydrogen-bond acceptors (Lipinski definition) is 5. The van der Waals surface area contributed by atoms with Gasteiger partial charge in [-0.2, -0.15) is 4.31 Å². The second kappa shape index (κ2) is 7.56. The molecule has 0 bridgehead atoms. The quantitative estimate of drug-likeness (QED) is 0.672. The first-order chi connectivity index (χ1) is 10.0. The van der Waals surface area contributed by atoms with Crippen LogP contribution in [0.4, 0.5) is 0 Å². The summed E-state index contributed by atoms with van der Waals surface area (Å²) in [6.07, 6.45) is 5.15. The summed E-state index contributed by atoms with van der Waals surface area (Å²) >= 11 is 0. The van der Waals surface area contributed by atoms with E-state index < -0.39 is 16.0 Å². The number of carbonyl (C=O) groups excluding carboxylic acids is 1.